The first-order chi connectivity index (χ1) is 9.70. The monoisotopic (exact) mass is 276 g/mol. The molecule has 3 nitrogen and oxygen atoms in total. The van der Waals surface area contributed by atoms with Crippen LogP contribution in [0.2, 0.25) is 0 Å². The third-order valence-corrected chi connectivity index (χ3v) is 4.28. The van der Waals surface area contributed by atoms with E-state index < -0.39 is 0 Å². The first kappa shape index (κ1) is 15.5. The number of hydrogen-bond donors (Lipinski definition) is 1. The average Bonchev–Trinajstić information content (AvgIpc) is 2.93. The molecule has 1 unspecified atom stereocenters. The molecule has 1 aromatic carbocycles. The highest BCUT2D eigenvalue weighted by molar-refractivity contribution is 5.33. The summed E-state index contributed by atoms with van der Waals surface area (Å²) in [6.45, 7) is 9.55. The van der Waals surface area contributed by atoms with Crippen molar-refractivity contribution in [3.63, 3.8) is 0 Å². The summed E-state index contributed by atoms with van der Waals surface area (Å²) in [4.78, 5) is 2.53. The molecule has 1 heterocycles. The minimum absolute atomic E-state index is 0.649. The topological polar surface area (TPSA) is 24.5 Å². The van der Waals surface area contributed by atoms with E-state index in [2.05, 4.69) is 42.3 Å². The summed E-state index contributed by atoms with van der Waals surface area (Å²) < 4.78 is 5.27. The number of hydrogen-bond acceptors (Lipinski definition) is 3. The number of ether oxygens (including phenoxy) is 1. The van der Waals surface area contributed by atoms with Gasteiger partial charge in [0.1, 0.15) is 0 Å². The van der Waals surface area contributed by atoms with Crippen molar-refractivity contribution in [1.82, 2.24) is 10.2 Å². The highest BCUT2D eigenvalue weighted by Gasteiger charge is 2.18. The Kier molecular flexibility index (Phi) is 6.02. The summed E-state index contributed by atoms with van der Waals surface area (Å²) in [5.41, 5.74) is 4.26. The van der Waals surface area contributed by atoms with Gasteiger partial charge in [0.05, 0.1) is 6.61 Å². The molecular formula is C17H28N2O. The maximum absolute atomic E-state index is 5.27. The van der Waals surface area contributed by atoms with E-state index in [1.807, 2.05) is 0 Å². The van der Waals surface area contributed by atoms with E-state index in [1.54, 1.807) is 7.11 Å². The van der Waals surface area contributed by atoms with Crippen LogP contribution in [0, 0.1) is 13.8 Å². The van der Waals surface area contributed by atoms with Gasteiger partial charge in [0.15, 0.2) is 0 Å². The largest absolute Gasteiger partial charge is 0.383 e. The standard InChI is InChI=1S/C17H28N2O/c1-14-6-4-7-15(2)17(14)13-19(10-11-20-3)12-16-8-5-9-18-16/h4,6-7,16,18H,5,8-13H2,1-3H3. The second kappa shape index (κ2) is 7.77. The smallest absolute Gasteiger partial charge is 0.0589 e. The Bertz CT molecular complexity index is 393. The Balaban J connectivity index is 2.01. The fourth-order valence-corrected chi connectivity index (χ4v) is 3.00. The van der Waals surface area contributed by atoms with Gasteiger partial charge in [0.25, 0.3) is 0 Å². The summed E-state index contributed by atoms with van der Waals surface area (Å²) in [5, 5.41) is 3.60. The molecule has 1 aliphatic heterocycles. The lowest BCUT2D eigenvalue weighted by Crippen LogP contribution is -2.39. The molecule has 0 bridgehead atoms. The van der Waals surface area contributed by atoms with Crippen molar-refractivity contribution in [2.45, 2.75) is 39.3 Å². The minimum Gasteiger partial charge on any atom is -0.383 e. The Morgan fingerprint density at radius 1 is 1.30 bits per heavy atom. The third-order valence-electron chi connectivity index (χ3n) is 4.28. The number of benzene rings is 1. The molecule has 0 radical (unpaired) electrons. The van der Waals surface area contributed by atoms with Crippen molar-refractivity contribution in [1.29, 1.82) is 0 Å². The van der Waals surface area contributed by atoms with Gasteiger partial charge in [0, 0.05) is 32.8 Å². The van der Waals surface area contributed by atoms with E-state index in [1.165, 1.54) is 36.1 Å². The zero-order valence-corrected chi connectivity index (χ0v) is 13.1. The molecular weight excluding hydrogens is 248 g/mol. The van der Waals surface area contributed by atoms with Crippen LogP contribution in [0.4, 0.5) is 0 Å². The Labute approximate surface area is 123 Å². The number of rotatable bonds is 7. The third kappa shape index (κ3) is 4.30. The van der Waals surface area contributed by atoms with E-state index >= 15 is 0 Å². The quantitative estimate of drug-likeness (QED) is 0.828. The molecule has 0 amide bonds. The molecule has 3 heteroatoms. The van der Waals surface area contributed by atoms with Crippen LogP contribution in [0.1, 0.15) is 29.5 Å². The van der Waals surface area contributed by atoms with E-state index in [0.29, 0.717) is 6.04 Å². The lowest BCUT2D eigenvalue weighted by Gasteiger charge is -2.27. The molecule has 1 saturated heterocycles. The van der Waals surface area contributed by atoms with Gasteiger partial charge in [-0.25, -0.2) is 0 Å². The van der Waals surface area contributed by atoms with Crippen LogP contribution in [0.5, 0.6) is 0 Å². The number of methoxy groups -OCH3 is 1. The first-order valence-electron chi connectivity index (χ1n) is 7.70. The van der Waals surface area contributed by atoms with Gasteiger partial charge in [-0.05, 0) is 49.9 Å². The molecule has 0 spiro atoms. The number of aryl methyl sites for hydroxylation is 2. The minimum atomic E-state index is 0.649. The molecule has 1 atom stereocenters. The van der Waals surface area contributed by atoms with Crippen LogP contribution in [-0.4, -0.2) is 44.3 Å². The normalized spacial score (nSPS) is 18.9. The zero-order valence-electron chi connectivity index (χ0n) is 13.1. The maximum Gasteiger partial charge on any atom is 0.0589 e. The fraction of sp³-hybridized carbons (Fsp3) is 0.647. The summed E-state index contributed by atoms with van der Waals surface area (Å²) in [6.07, 6.45) is 2.61. The summed E-state index contributed by atoms with van der Waals surface area (Å²) in [5.74, 6) is 0. The molecule has 0 saturated carbocycles. The summed E-state index contributed by atoms with van der Waals surface area (Å²) >= 11 is 0. The SMILES string of the molecule is COCCN(Cc1c(C)cccc1C)CC1CCCN1. The summed E-state index contributed by atoms with van der Waals surface area (Å²) in [6, 6.07) is 7.22. The predicted molar refractivity (Wildman–Crippen MR) is 84.1 cm³/mol. The van der Waals surface area contributed by atoms with Gasteiger partial charge in [-0.3, -0.25) is 4.90 Å². The average molecular weight is 276 g/mol. The molecule has 1 aromatic rings. The lowest BCUT2D eigenvalue weighted by atomic mass is 10.0. The van der Waals surface area contributed by atoms with Crippen LogP contribution in [-0.2, 0) is 11.3 Å². The Morgan fingerprint density at radius 3 is 2.65 bits per heavy atom. The molecule has 0 aromatic heterocycles. The van der Waals surface area contributed by atoms with Crippen molar-refractivity contribution in [3.05, 3.63) is 34.9 Å². The number of nitrogens with zero attached hydrogens (tertiary/aromatic N) is 1. The second-order valence-electron chi connectivity index (χ2n) is 5.89. The van der Waals surface area contributed by atoms with Gasteiger partial charge in [0.2, 0.25) is 0 Å². The van der Waals surface area contributed by atoms with Crippen molar-refractivity contribution in [2.24, 2.45) is 0 Å². The van der Waals surface area contributed by atoms with E-state index in [0.717, 1.165) is 26.2 Å². The Morgan fingerprint density at radius 2 is 2.05 bits per heavy atom. The van der Waals surface area contributed by atoms with E-state index in [-0.39, 0.29) is 0 Å². The van der Waals surface area contributed by atoms with Gasteiger partial charge in [-0.15, -0.1) is 0 Å². The highest BCUT2D eigenvalue weighted by Crippen LogP contribution is 2.17. The first-order valence-corrected chi connectivity index (χ1v) is 7.70. The lowest BCUT2D eigenvalue weighted by molar-refractivity contribution is 0.138. The maximum atomic E-state index is 5.27. The zero-order chi connectivity index (χ0) is 14.4. The number of nitrogens with one attached hydrogen (secondary N) is 1. The van der Waals surface area contributed by atoms with Crippen LogP contribution in [0.25, 0.3) is 0 Å². The predicted octanol–water partition coefficient (Wildman–Crippen LogP) is 2.50. The van der Waals surface area contributed by atoms with Crippen molar-refractivity contribution in [2.75, 3.05) is 33.4 Å². The molecule has 1 aliphatic rings. The van der Waals surface area contributed by atoms with Gasteiger partial charge in [-0.2, -0.15) is 0 Å². The summed E-state index contributed by atoms with van der Waals surface area (Å²) in [7, 11) is 1.78. The van der Waals surface area contributed by atoms with Gasteiger partial charge >= 0.3 is 0 Å². The van der Waals surface area contributed by atoms with Crippen LogP contribution in [0.15, 0.2) is 18.2 Å². The van der Waals surface area contributed by atoms with Gasteiger partial charge < -0.3 is 10.1 Å². The molecule has 1 fully saturated rings. The van der Waals surface area contributed by atoms with E-state index in [9.17, 15) is 0 Å². The molecule has 20 heavy (non-hydrogen) atoms. The van der Waals surface area contributed by atoms with Crippen LogP contribution in [0.3, 0.4) is 0 Å². The second-order valence-corrected chi connectivity index (χ2v) is 5.89. The van der Waals surface area contributed by atoms with Crippen molar-refractivity contribution in [3.8, 4) is 0 Å². The fourth-order valence-electron chi connectivity index (χ4n) is 3.00. The molecule has 112 valence electrons. The van der Waals surface area contributed by atoms with Gasteiger partial charge in [-0.1, -0.05) is 18.2 Å². The highest BCUT2D eigenvalue weighted by atomic mass is 16.5. The van der Waals surface area contributed by atoms with Crippen LogP contribution < -0.4 is 5.32 Å². The Hall–Kier alpha value is -0.900. The molecule has 0 aliphatic carbocycles. The van der Waals surface area contributed by atoms with Crippen molar-refractivity contribution < 1.29 is 4.74 Å². The molecule has 1 N–H and O–H groups in total. The van der Waals surface area contributed by atoms with E-state index in [4.69, 9.17) is 4.74 Å². The molecule has 2 rings (SSSR count). The van der Waals surface area contributed by atoms with Crippen LogP contribution >= 0.6 is 0 Å². The van der Waals surface area contributed by atoms with Crippen molar-refractivity contribution >= 4 is 0 Å².